The molecule has 8 heteroatoms. The van der Waals surface area contributed by atoms with E-state index in [1.807, 2.05) is 24.3 Å². The van der Waals surface area contributed by atoms with Gasteiger partial charge in [-0.2, -0.15) is 0 Å². The summed E-state index contributed by atoms with van der Waals surface area (Å²) in [5, 5.41) is 0. The van der Waals surface area contributed by atoms with Crippen molar-refractivity contribution in [1.29, 1.82) is 0 Å². The van der Waals surface area contributed by atoms with E-state index in [0.29, 0.717) is 34.0 Å². The van der Waals surface area contributed by atoms with Gasteiger partial charge in [0.2, 0.25) is 10.8 Å². The van der Waals surface area contributed by atoms with Gasteiger partial charge in [-0.15, -0.1) is 11.8 Å². The lowest BCUT2D eigenvalue weighted by atomic mass is 10.0. The summed E-state index contributed by atoms with van der Waals surface area (Å²) in [5.74, 6) is 0.268. The van der Waals surface area contributed by atoms with Crippen molar-refractivity contribution >= 4 is 35.0 Å². The maximum absolute atomic E-state index is 14.4. The lowest BCUT2D eigenvalue weighted by Crippen LogP contribution is -2.49. The van der Waals surface area contributed by atoms with Gasteiger partial charge in [-0.1, -0.05) is 36.4 Å². The standard InChI is InChI=1S/C25H21FN2O4S/c1-31-21-12-11-17(13-22(21)32-2)28-23(29)15-33-25(28)18-8-4-6-10-20(18)27(24(25)30)14-16-7-3-5-9-19(16)26/h3-13H,14-15H2,1-2H3. The molecule has 5 rings (SSSR count). The number of amides is 2. The van der Waals surface area contributed by atoms with Crippen molar-refractivity contribution in [2.75, 3.05) is 29.8 Å². The first-order chi connectivity index (χ1) is 16.0. The third kappa shape index (κ3) is 3.16. The van der Waals surface area contributed by atoms with Gasteiger partial charge in [-0.25, -0.2) is 4.39 Å². The number of fused-ring (bicyclic) bond motifs is 2. The second kappa shape index (κ2) is 8.12. The highest BCUT2D eigenvalue weighted by Crippen LogP contribution is 2.56. The van der Waals surface area contributed by atoms with Gasteiger partial charge in [-0.05, 0) is 24.3 Å². The number of hydrogen-bond donors (Lipinski definition) is 0. The van der Waals surface area contributed by atoms with E-state index in [4.69, 9.17) is 9.47 Å². The van der Waals surface area contributed by atoms with Crippen molar-refractivity contribution in [3.8, 4) is 11.5 Å². The summed E-state index contributed by atoms with van der Waals surface area (Å²) in [4.78, 5) is 29.0. The van der Waals surface area contributed by atoms with Gasteiger partial charge in [0, 0.05) is 22.9 Å². The minimum atomic E-state index is -1.28. The molecule has 0 aromatic heterocycles. The zero-order valence-corrected chi connectivity index (χ0v) is 18.9. The summed E-state index contributed by atoms with van der Waals surface area (Å²) in [7, 11) is 3.05. The van der Waals surface area contributed by atoms with Gasteiger partial charge < -0.3 is 14.4 Å². The fourth-order valence-corrected chi connectivity index (χ4v) is 5.83. The van der Waals surface area contributed by atoms with E-state index < -0.39 is 4.87 Å². The number of benzene rings is 3. The molecule has 0 radical (unpaired) electrons. The molecule has 2 aliphatic rings. The number of para-hydroxylation sites is 1. The number of carbonyl (C=O) groups excluding carboxylic acids is 2. The Bertz CT molecular complexity index is 1270. The molecule has 1 spiro atoms. The highest BCUT2D eigenvalue weighted by Gasteiger charge is 2.61. The first-order valence-electron chi connectivity index (χ1n) is 10.3. The SMILES string of the molecule is COc1ccc(N2C(=O)CSC23C(=O)N(Cc2ccccc2F)c2ccccc23)cc1OC. The number of rotatable bonds is 5. The van der Waals surface area contributed by atoms with Crippen LogP contribution in [0, 0.1) is 5.82 Å². The van der Waals surface area contributed by atoms with E-state index in [-0.39, 0.29) is 29.9 Å². The maximum atomic E-state index is 14.4. The van der Waals surface area contributed by atoms with E-state index in [1.54, 1.807) is 41.3 Å². The molecule has 0 bridgehead atoms. The highest BCUT2D eigenvalue weighted by atomic mass is 32.2. The van der Waals surface area contributed by atoms with Crippen LogP contribution in [0.3, 0.4) is 0 Å². The summed E-state index contributed by atoms with van der Waals surface area (Å²) < 4.78 is 25.2. The van der Waals surface area contributed by atoms with Gasteiger partial charge in [0.25, 0.3) is 5.91 Å². The van der Waals surface area contributed by atoms with E-state index in [1.165, 1.54) is 36.9 Å². The van der Waals surface area contributed by atoms with Crippen LogP contribution in [0.4, 0.5) is 15.8 Å². The average Bonchev–Trinajstić information content (AvgIpc) is 3.30. The first kappa shape index (κ1) is 21.3. The Morgan fingerprint density at radius 2 is 1.70 bits per heavy atom. The fourth-order valence-electron chi connectivity index (χ4n) is 4.47. The molecular weight excluding hydrogens is 443 g/mol. The van der Waals surface area contributed by atoms with E-state index in [9.17, 15) is 14.0 Å². The van der Waals surface area contributed by atoms with Gasteiger partial charge in [0.05, 0.1) is 32.2 Å². The van der Waals surface area contributed by atoms with Crippen LogP contribution >= 0.6 is 11.8 Å². The van der Waals surface area contributed by atoms with Gasteiger partial charge in [-0.3, -0.25) is 14.5 Å². The zero-order chi connectivity index (χ0) is 23.2. The molecule has 1 unspecified atom stereocenters. The molecule has 3 aromatic rings. The highest BCUT2D eigenvalue weighted by molar-refractivity contribution is 8.02. The van der Waals surface area contributed by atoms with Gasteiger partial charge in [0.1, 0.15) is 5.82 Å². The van der Waals surface area contributed by atoms with Crippen molar-refractivity contribution in [3.05, 3.63) is 83.7 Å². The minimum Gasteiger partial charge on any atom is -0.493 e. The number of ether oxygens (including phenoxy) is 2. The third-order valence-corrected chi connectivity index (χ3v) is 7.36. The third-order valence-electron chi connectivity index (χ3n) is 5.98. The Morgan fingerprint density at radius 3 is 2.45 bits per heavy atom. The van der Waals surface area contributed by atoms with Crippen molar-refractivity contribution in [2.24, 2.45) is 0 Å². The largest absolute Gasteiger partial charge is 0.493 e. The van der Waals surface area contributed by atoms with Crippen LogP contribution in [0.15, 0.2) is 66.7 Å². The molecule has 0 aliphatic carbocycles. The van der Waals surface area contributed by atoms with Crippen molar-refractivity contribution in [1.82, 2.24) is 0 Å². The summed E-state index contributed by atoms with van der Waals surface area (Å²) in [6.45, 7) is 0.0682. The molecular formula is C25H21FN2O4S. The average molecular weight is 465 g/mol. The van der Waals surface area contributed by atoms with Crippen molar-refractivity contribution in [2.45, 2.75) is 11.4 Å². The molecule has 33 heavy (non-hydrogen) atoms. The molecule has 1 saturated heterocycles. The van der Waals surface area contributed by atoms with Crippen LogP contribution in [0.5, 0.6) is 11.5 Å². The normalized spacial score (nSPS) is 19.4. The second-order valence-corrected chi connectivity index (χ2v) is 8.87. The summed E-state index contributed by atoms with van der Waals surface area (Å²) in [6, 6.07) is 18.9. The number of hydrogen-bond acceptors (Lipinski definition) is 5. The Hall–Kier alpha value is -3.52. The summed E-state index contributed by atoms with van der Waals surface area (Å²) in [5.41, 5.74) is 2.30. The Labute approximate surface area is 194 Å². The Balaban J connectivity index is 1.64. The Morgan fingerprint density at radius 1 is 0.970 bits per heavy atom. The van der Waals surface area contributed by atoms with E-state index in [0.717, 1.165) is 0 Å². The molecule has 1 fully saturated rings. The molecule has 1 atom stereocenters. The fraction of sp³-hybridized carbons (Fsp3) is 0.200. The number of nitrogens with zero attached hydrogens (tertiary/aromatic N) is 2. The predicted molar refractivity (Wildman–Crippen MR) is 125 cm³/mol. The van der Waals surface area contributed by atoms with E-state index in [2.05, 4.69) is 0 Å². The monoisotopic (exact) mass is 464 g/mol. The number of thioether (sulfide) groups is 1. The summed E-state index contributed by atoms with van der Waals surface area (Å²) >= 11 is 1.28. The topological polar surface area (TPSA) is 59.1 Å². The lowest BCUT2D eigenvalue weighted by molar-refractivity contribution is -0.123. The van der Waals surface area contributed by atoms with Gasteiger partial charge in [0.15, 0.2) is 11.5 Å². The molecule has 2 aliphatic heterocycles. The molecule has 2 heterocycles. The van der Waals surface area contributed by atoms with Crippen LogP contribution < -0.4 is 19.3 Å². The number of anilines is 2. The van der Waals surface area contributed by atoms with Crippen LogP contribution in [0.25, 0.3) is 0 Å². The molecule has 6 nitrogen and oxygen atoms in total. The minimum absolute atomic E-state index is 0.0682. The zero-order valence-electron chi connectivity index (χ0n) is 18.1. The molecule has 2 amide bonds. The predicted octanol–water partition coefficient (Wildman–Crippen LogP) is 4.32. The first-order valence-corrected chi connectivity index (χ1v) is 11.3. The summed E-state index contributed by atoms with van der Waals surface area (Å²) in [6.07, 6.45) is 0. The molecule has 0 saturated carbocycles. The quantitative estimate of drug-likeness (QED) is 0.563. The van der Waals surface area contributed by atoms with Crippen molar-refractivity contribution < 1.29 is 23.5 Å². The van der Waals surface area contributed by atoms with Crippen LogP contribution in [0.2, 0.25) is 0 Å². The number of halogens is 1. The van der Waals surface area contributed by atoms with Crippen LogP contribution in [-0.4, -0.2) is 31.8 Å². The van der Waals surface area contributed by atoms with Crippen molar-refractivity contribution in [3.63, 3.8) is 0 Å². The number of carbonyl (C=O) groups is 2. The molecule has 3 aromatic carbocycles. The maximum Gasteiger partial charge on any atom is 0.269 e. The smallest absolute Gasteiger partial charge is 0.269 e. The molecule has 168 valence electrons. The van der Waals surface area contributed by atoms with Crippen LogP contribution in [-0.2, 0) is 21.0 Å². The van der Waals surface area contributed by atoms with E-state index >= 15 is 0 Å². The molecule has 0 N–H and O–H groups in total. The Kier molecular flexibility index (Phi) is 5.25. The second-order valence-electron chi connectivity index (χ2n) is 7.70. The lowest BCUT2D eigenvalue weighted by Gasteiger charge is -2.33. The van der Waals surface area contributed by atoms with Crippen LogP contribution in [0.1, 0.15) is 11.1 Å². The van der Waals surface area contributed by atoms with Gasteiger partial charge >= 0.3 is 0 Å². The number of methoxy groups -OCH3 is 2.